The number of nitrogen functional groups attached to an aromatic ring is 1. The van der Waals surface area contributed by atoms with Gasteiger partial charge in [-0.25, -0.2) is 5.84 Å². The lowest BCUT2D eigenvalue weighted by atomic mass is 10.4. The number of nitrogens with one attached hydrogen (secondary N) is 1. The Morgan fingerprint density at radius 3 is 2.37 bits per heavy atom. The van der Waals surface area contributed by atoms with Crippen molar-refractivity contribution in [1.29, 1.82) is 0 Å². The second-order valence-electron chi connectivity index (χ2n) is 3.50. The number of hydrogen-bond acceptors (Lipinski definition) is 6. The normalized spacial score (nSPS) is 11.3. The summed E-state index contributed by atoms with van der Waals surface area (Å²) >= 11 is 5.68. The van der Waals surface area contributed by atoms with E-state index in [0.717, 1.165) is 6.07 Å². The van der Waals surface area contributed by atoms with Crippen molar-refractivity contribution in [1.82, 2.24) is 9.19 Å². The molecule has 1 heterocycles. The van der Waals surface area contributed by atoms with Crippen LogP contribution in [0.3, 0.4) is 0 Å². The SMILES string of the molecule is NNc1ccc(=O)n(S(=O)(=O)c2ccc(Cl)cc2)n1. The summed E-state index contributed by atoms with van der Waals surface area (Å²) in [6.07, 6.45) is 0. The van der Waals surface area contributed by atoms with Gasteiger partial charge in [0, 0.05) is 11.1 Å². The summed E-state index contributed by atoms with van der Waals surface area (Å²) in [5, 5.41) is 3.99. The molecule has 2 rings (SSSR count). The molecule has 0 radical (unpaired) electrons. The van der Waals surface area contributed by atoms with E-state index < -0.39 is 15.6 Å². The molecule has 0 aliphatic carbocycles. The zero-order chi connectivity index (χ0) is 14.0. The van der Waals surface area contributed by atoms with Crippen molar-refractivity contribution in [3.8, 4) is 0 Å². The van der Waals surface area contributed by atoms with Gasteiger partial charge in [0.05, 0.1) is 4.90 Å². The molecule has 0 aliphatic heterocycles. The van der Waals surface area contributed by atoms with Crippen LogP contribution in [-0.4, -0.2) is 17.6 Å². The van der Waals surface area contributed by atoms with E-state index in [-0.39, 0.29) is 10.7 Å². The molecule has 0 fully saturated rings. The maximum absolute atomic E-state index is 12.2. The fourth-order valence-corrected chi connectivity index (χ4v) is 2.65. The summed E-state index contributed by atoms with van der Waals surface area (Å²) in [7, 11) is -4.08. The Hall–Kier alpha value is -1.90. The zero-order valence-corrected chi connectivity index (χ0v) is 11.0. The Bertz CT molecular complexity index is 755. The third-order valence-corrected chi connectivity index (χ3v) is 4.09. The van der Waals surface area contributed by atoms with E-state index in [1.54, 1.807) is 0 Å². The van der Waals surface area contributed by atoms with Crippen molar-refractivity contribution in [2.75, 3.05) is 5.43 Å². The molecule has 3 N–H and O–H groups in total. The van der Waals surface area contributed by atoms with Crippen LogP contribution in [0.1, 0.15) is 0 Å². The van der Waals surface area contributed by atoms with E-state index >= 15 is 0 Å². The highest BCUT2D eigenvalue weighted by molar-refractivity contribution is 7.89. The van der Waals surface area contributed by atoms with Gasteiger partial charge in [-0.2, -0.15) is 8.42 Å². The molecule has 0 saturated carbocycles. The van der Waals surface area contributed by atoms with Crippen molar-refractivity contribution < 1.29 is 8.42 Å². The van der Waals surface area contributed by atoms with E-state index in [0.29, 0.717) is 9.11 Å². The van der Waals surface area contributed by atoms with Gasteiger partial charge in [0.15, 0.2) is 5.82 Å². The van der Waals surface area contributed by atoms with Gasteiger partial charge < -0.3 is 5.43 Å². The molecule has 9 heteroatoms. The first-order valence-corrected chi connectivity index (χ1v) is 6.85. The Kier molecular flexibility index (Phi) is 3.56. The monoisotopic (exact) mass is 300 g/mol. The molecule has 0 amide bonds. The molecule has 0 bridgehead atoms. The van der Waals surface area contributed by atoms with Crippen LogP contribution in [0.5, 0.6) is 0 Å². The van der Waals surface area contributed by atoms with Crippen molar-refractivity contribution in [2.24, 2.45) is 5.84 Å². The summed E-state index contributed by atoms with van der Waals surface area (Å²) in [6.45, 7) is 0. The van der Waals surface area contributed by atoms with Crippen molar-refractivity contribution >= 4 is 27.4 Å². The van der Waals surface area contributed by atoms with Gasteiger partial charge in [0.1, 0.15) is 0 Å². The second-order valence-corrected chi connectivity index (χ2v) is 5.71. The Morgan fingerprint density at radius 1 is 1.16 bits per heavy atom. The van der Waals surface area contributed by atoms with E-state index in [9.17, 15) is 13.2 Å². The molecule has 2 aromatic rings. The largest absolute Gasteiger partial charge is 0.307 e. The van der Waals surface area contributed by atoms with Crippen LogP contribution in [0.2, 0.25) is 5.02 Å². The minimum absolute atomic E-state index is 0.0529. The summed E-state index contributed by atoms with van der Waals surface area (Å²) in [5.41, 5.74) is 1.39. The molecule has 100 valence electrons. The van der Waals surface area contributed by atoms with Crippen LogP contribution in [0.15, 0.2) is 46.1 Å². The van der Waals surface area contributed by atoms with Crippen LogP contribution in [-0.2, 0) is 10.0 Å². The number of hydrazine groups is 1. The molecule has 0 saturated heterocycles. The fourth-order valence-electron chi connectivity index (χ4n) is 1.35. The highest BCUT2D eigenvalue weighted by Crippen LogP contribution is 2.15. The van der Waals surface area contributed by atoms with Gasteiger partial charge in [-0.3, -0.25) is 4.79 Å². The van der Waals surface area contributed by atoms with Crippen LogP contribution in [0.25, 0.3) is 0 Å². The molecule has 0 unspecified atom stereocenters. The topological polar surface area (TPSA) is 107 Å². The number of nitrogens with zero attached hydrogens (tertiary/aromatic N) is 2. The average Bonchev–Trinajstić information content (AvgIpc) is 2.39. The third kappa shape index (κ3) is 2.60. The Labute approximate surface area is 113 Å². The van der Waals surface area contributed by atoms with Crippen LogP contribution in [0.4, 0.5) is 5.82 Å². The van der Waals surface area contributed by atoms with E-state index in [2.05, 4.69) is 10.5 Å². The lowest BCUT2D eigenvalue weighted by molar-refractivity contribution is 0.576. The molecule has 19 heavy (non-hydrogen) atoms. The van der Waals surface area contributed by atoms with Crippen LogP contribution in [0, 0.1) is 0 Å². The molecule has 0 spiro atoms. The fraction of sp³-hybridized carbons (Fsp3) is 0. The van der Waals surface area contributed by atoms with Gasteiger partial charge in [0.2, 0.25) is 0 Å². The van der Waals surface area contributed by atoms with Crippen molar-refractivity contribution in [2.45, 2.75) is 4.90 Å². The van der Waals surface area contributed by atoms with Gasteiger partial charge in [-0.15, -0.1) is 9.19 Å². The van der Waals surface area contributed by atoms with Crippen LogP contribution >= 0.6 is 11.6 Å². The molecular formula is C10H9ClN4O3S. The first kappa shape index (κ1) is 13.5. The maximum atomic E-state index is 12.2. The number of benzene rings is 1. The summed E-state index contributed by atoms with van der Waals surface area (Å²) in [5.74, 6) is 5.18. The summed E-state index contributed by atoms with van der Waals surface area (Å²) in [6, 6.07) is 7.71. The molecule has 1 aromatic carbocycles. The number of halogens is 1. The molecule has 1 aromatic heterocycles. The lowest BCUT2D eigenvalue weighted by Gasteiger charge is -2.07. The predicted molar refractivity (Wildman–Crippen MR) is 70.3 cm³/mol. The number of anilines is 1. The van der Waals surface area contributed by atoms with E-state index in [1.807, 2.05) is 0 Å². The molecule has 0 aliphatic rings. The number of hydrogen-bond donors (Lipinski definition) is 2. The average molecular weight is 301 g/mol. The maximum Gasteiger partial charge on any atom is 0.286 e. The lowest BCUT2D eigenvalue weighted by Crippen LogP contribution is -2.30. The highest BCUT2D eigenvalue weighted by atomic mass is 35.5. The quantitative estimate of drug-likeness (QED) is 0.628. The predicted octanol–water partition coefficient (Wildman–Crippen LogP) is 0.419. The van der Waals surface area contributed by atoms with E-state index in [1.165, 1.54) is 30.3 Å². The van der Waals surface area contributed by atoms with Gasteiger partial charge in [-0.05, 0) is 30.3 Å². The number of nitrogens with two attached hydrogens (primary N) is 1. The molecule has 7 nitrogen and oxygen atoms in total. The first-order chi connectivity index (χ1) is 8.95. The smallest absolute Gasteiger partial charge is 0.286 e. The standard InChI is InChI=1S/C10H9ClN4O3S/c11-7-1-3-8(4-2-7)19(17,18)15-10(16)6-5-9(13-12)14-15/h1-6H,12H2,(H,13,14). The first-order valence-electron chi connectivity index (χ1n) is 5.03. The van der Waals surface area contributed by atoms with Gasteiger partial charge >= 0.3 is 0 Å². The van der Waals surface area contributed by atoms with Crippen LogP contribution < -0.4 is 16.8 Å². The Morgan fingerprint density at radius 2 is 1.79 bits per heavy atom. The van der Waals surface area contributed by atoms with Crippen molar-refractivity contribution in [3.63, 3.8) is 0 Å². The summed E-state index contributed by atoms with van der Waals surface area (Å²) in [4.78, 5) is 11.5. The third-order valence-electron chi connectivity index (χ3n) is 2.26. The second kappa shape index (κ2) is 5.00. The summed E-state index contributed by atoms with van der Waals surface area (Å²) < 4.78 is 24.8. The van der Waals surface area contributed by atoms with E-state index in [4.69, 9.17) is 17.4 Å². The number of aromatic nitrogens is 2. The zero-order valence-electron chi connectivity index (χ0n) is 9.45. The Balaban J connectivity index is 2.62. The highest BCUT2D eigenvalue weighted by Gasteiger charge is 2.19. The minimum atomic E-state index is -4.08. The van der Waals surface area contributed by atoms with Gasteiger partial charge in [0.25, 0.3) is 15.6 Å². The number of rotatable bonds is 3. The molecular weight excluding hydrogens is 292 g/mol. The van der Waals surface area contributed by atoms with Crippen molar-refractivity contribution in [3.05, 3.63) is 51.8 Å². The molecule has 0 atom stereocenters. The van der Waals surface area contributed by atoms with Gasteiger partial charge in [-0.1, -0.05) is 11.6 Å². The minimum Gasteiger partial charge on any atom is -0.307 e.